The zero-order valence-corrected chi connectivity index (χ0v) is 16.4. The van der Waals surface area contributed by atoms with Gasteiger partial charge in [0.2, 0.25) is 5.91 Å². The monoisotopic (exact) mass is 377 g/mol. The molecule has 1 heterocycles. The molecule has 146 valence electrons. The van der Waals surface area contributed by atoms with Crippen molar-refractivity contribution in [3.05, 3.63) is 59.8 Å². The zero-order chi connectivity index (χ0) is 19.7. The Hall–Kier alpha value is -2.95. The second-order valence-corrected chi connectivity index (χ2v) is 7.61. The first-order valence-corrected chi connectivity index (χ1v) is 9.95. The Balaban J connectivity index is 1.83. The van der Waals surface area contributed by atoms with Crippen LogP contribution < -0.4 is 20.7 Å². The standard InChI is InChI=1S/C23H27N3O2/c1-15-8-11-19-21(26(15)23(27)16-9-10-16)13-12-18(20(24)14-25-2)22(19)28-17-6-4-3-5-7-17/h3-7,12-16,25H,8-11,24H2,1-2H3/b20-14-. The summed E-state index contributed by atoms with van der Waals surface area (Å²) in [6.07, 6.45) is 5.53. The third-order valence-corrected chi connectivity index (χ3v) is 5.49. The second-order valence-electron chi connectivity index (χ2n) is 7.61. The van der Waals surface area contributed by atoms with Gasteiger partial charge in [0.05, 0.1) is 11.4 Å². The first-order valence-electron chi connectivity index (χ1n) is 9.95. The predicted octanol–water partition coefficient (Wildman–Crippen LogP) is 4.03. The number of benzene rings is 2. The molecule has 0 radical (unpaired) electrons. The number of ether oxygens (including phenoxy) is 1. The molecule has 2 aliphatic rings. The highest BCUT2D eigenvalue weighted by Crippen LogP contribution is 2.44. The number of para-hydroxylation sites is 1. The highest BCUT2D eigenvalue weighted by atomic mass is 16.5. The third-order valence-electron chi connectivity index (χ3n) is 5.49. The quantitative estimate of drug-likeness (QED) is 0.825. The van der Waals surface area contributed by atoms with E-state index in [1.54, 1.807) is 6.20 Å². The SMILES string of the molecule is CN/C=C(\N)c1ccc2c(c1Oc1ccccc1)CCC(C)N2C(=O)C1CC1. The summed E-state index contributed by atoms with van der Waals surface area (Å²) >= 11 is 0. The van der Waals surface area contributed by atoms with E-state index in [0.29, 0.717) is 5.70 Å². The Kier molecular flexibility index (Phi) is 4.99. The molecule has 1 atom stereocenters. The molecule has 1 aliphatic heterocycles. The Labute approximate surface area is 166 Å². The van der Waals surface area contributed by atoms with E-state index in [1.807, 2.05) is 54.4 Å². The summed E-state index contributed by atoms with van der Waals surface area (Å²) in [5.74, 6) is 1.92. The van der Waals surface area contributed by atoms with Gasteiger partial charge in [-0.3, -0.25) is 4.79 Å². The Morgan fingerprint density at radius 3 is 2.61 bits per heavy atom. The molecule has 0 bridgehead atoms. The lowest BCUT2D eigenvalue weighted by Gasteiger charge is -2.36. The van der Waals surface area contributed by atoms with Crippen molar-refractivity contribution in [2.75, 3.05) is 11.9 Å². The summed E-state index contributed by atoms with van der Waals surface area (Å²) in [7, 11) is 1.82. The van der Waals surface area contributed by atoms with Crippen LogP contribution in [0.1, 0.15) is 37.3 Å². The molecule has 1 saturated carbocycles. The number of fused-ring (bicyclic) bond motifs is 1. The van der Waals surface area contributed by atoms with E-state index in [-0.39, 0.29) is 17.9 Å². The minimum Gasteiger partial charge on any atom is -0.456 e. The molecule has 5 nitrogen and oxygen atoms in total. The molecule has 1 aliphatic carbocycles. The number of hydrogen-bond acceptors (Lipinski definition) is 4. The molecular formula is C23H27N3O2. The number of carbonyl (C=O) groups excluding carboxylic acids is 1. The molecule has 0 spiro atoms. The average Bonchev–Trinajstić information content (AvgIpc) is 3.54. The third kappa shape index (κ3) is 3.44. The summed E-state index contributed by atoms with van der Waals surface area (Å²) in [6.45, 7) is 2.13. The molecule has 1 fully saturated rings. The fourth-order valence-corrected chi connectivity index (χ4v) is 3.85. The molecule has 0 saturated heterocycles. The summed E-state index contributed by atoms with van der Waals surface area (Å²) in [5.41, 5.74) is 9.77. The normalized spacial score (nSPS) is 19.1. The second kappa shape index (κ2) is 7.58. The number of nitrogens with one attached hydrogen (secondary N) is 1. The highest BCUT2D eigenvalue weighted by molar-refractivity contribution is 5.99. The maximum absolute atomic E-state index is 13.0. The molecule has 4 rings (SSSR count). The van der Waals surface area contributed by atoms with Crippen LogP contribution >= 0.6 is 0 Å². The predicted molar refractivity (Wildman–Crippen MR) is 112 cm³/mol. The molecule has 1 unspecified atom stereocenters. The average molecular weight is 377 g/mol. The van der Waals surface area contributed by atoms with Gasteiger partial charge in [-0.15, -0.1) is 0 Å². The van der Waals surface area contributed by atoms with Crippen LogP contribution in [0.25, 0.3) is 5.70 Å². The number of hydrogen-bond donors (Lipinski definition) is 2. The largest absolute Gasteiger partial charge is 0.456 e. The van der Waals surface area contributed by atoms with Gasteiger partial charge in [-0.2, -0.15) is 0 Å². The van der Waals surface area contributed by atoms with Gasteiger partial charge < -0.3 is 20.7 Å². The first-order chi connectivity index (χ1) is 13.6. The van der Waals surface area contributed by atoms with Gasteiger partial charge in [0, 0.05) is 36.3 Å². The van der Waals surface area contributed by atoms with Crippen molar-refractivity contribution < 1.29 is 9.53 Å². The van der Waals surface area contributed by atoms with Crippen LogP contribution in [0.2, 0.25) is 0 Å². The molecular weight excluding hydrogens is 350 g/mol. The lowest BCUT2D eigenvalue weighted by molar-refractivity contribution is -0.120. The maximum atomic E-state index is 13.0. The van der Waals surface area contributed by atoms with Crippen LogP contribution in [-0.2, 0) is 11.2 Å². The van der Waals surface area contributed by atoms with Crippen LogP contribution in [0.5, 0.6) is 11.5 Å². The van der Waals surface area contributed by atoms with Gasteiger partial charge in [0.25, 0.3) is 0 Å². The maximum Gasteiger partial charge on any atom is 0.230 e. The number of carbonyl (C=O) groups is 1. The van der Waals surface area contributed by atoms with Gasteiger partial charge in [-0.1, -0.05) is 18.2 Å². The molecule has 1 amide bonds. The number of nitrogens with zero attached hydrogens (tertiary/aromatic N) is 1. The van der Waals surface area contributed by atoms with Gasteiger partial charge in [-0.25, -0.2) is 0 Å². The van der Waals surface area contributed by atoms with Crippen molar-refractivity contribution in [1.29, 1.82) is 0 Å². The number of anilines is 1. The van der Waals surface area contributed by atoms with Crippen molar-refractivity contribution in [1.82, 2.24) is 5.32 Å². The number of amides is 1. The zero-order valence-electron chi connectivity index (χ0n) is 16.4. The van der Waals surface area contributed by atoms with Crippen molar-refractivity contribution in [3.8, 4) is 11.5 Å². The molecule has 0 aromatic heterocycles. The molecule has 3 N–H and O–H groups in total. The van der Waals surface area contributed by atoms with E-state index in [0.717, 1.165) is 54.0 Å². The summed E-state index contributed by atoms with van der Waals surface area (Å²) in [4.78, 5) is 14.9. The highest BCUT2D eigenvalue weighted by Gasteiger charge is 2.39. The lowest BCUT2D eigenvalue weighted by Crippen LogP contribution is -2.43. The Morgan fingerprint density at radius 2 is 1.93 bits per heavy atom. The lowest BCUT2D eigenvalue weighted by atomic mass is 9.92. The summed E-state index contributed by atoms with van der Waals surface area (Å²) in [5, 5.41) is 2.99. The smallest absolute Gasteiger partial charge is 0.230 e. The Morgan fingerprint density at radius 1 is 1.18 bits per heavy atom. The van der Waals surface area contributed by atoms with Crippen LogP contribution in [-0.4, -0.2) is 19.0 Å². The van der Waals surface area contributed by atoms with Gasteiger partial charge in [0.1, 0.15) is 11.5 Å². The molecule has 5 heteroatoms. The fraction of sp³-hybridized carbons (Fsp3) is 0.348. The van der Waals surface area contributed by atoms with E-state index in [2.05, 4.69) is 12.2 Å². The van der Waals surface area contributed by atoms with Crippen molar-refractivity contribution in [3.63, 3.8) is 0 Å². The van der Waals surface area contributed by atoms with E-state index >= 15 is 0 Å². The van der Waals surface area contributed by atoms with Crippen LogP contribution in [0.4, 0.5) is 5.69 Å². The number of rotatable bonds is 5. The first kappa shape index (κ1) is 18.4. The van der Waals surface area contributed by atoms with Crippen molar-refractivity contribution >= 4 is 17.3 Å². The fourth-order valence-electron chi connectivity index (χ4n) is 3.85. The number of nitrogens with two attached hydrogens (primary N) is 1. The van der Waals surface area contributed by atoms with E-state index in [4.69, 9.17) is 10.5 Å². The van der Waals surface area contributed by atoms with Crippen molar-refractivity contribution in [2.24, 2.45) is 11.7 Å². The van der Waals surface area contributed by atoms with Crippen molar-refractivity contribution in [2.45, 2.75) is 38.6 Å². The molecule has 2 aromatic carbocycles. The minimum absolute atomic E-state index is 0.181. The Bertz CT molecular complexity index is 904. The topological polar surface area (TPSA) is 67.6 Å². The van der Waals surface area contributed by atoms with Gasteiger partial charge in [-0.05, 0) is 56.9 Å². The van der Waals surface area contributed by atoms with Crippen LogP contribution in [0.15, 0.2) is 48.7 Å². The minimum atomic E-state index is 0.181. The van der Waals surface area contributed by atoms with Gasteiger partial charge >= 0.3 is 0 Å². The summed E-state index contributed by atoms with van der Waals surface area (Å²) in [6, 6.07) is 13.9. The van der Waals surface area contributed by atoms with Gasteiger partial charge in [0.15, 0.2) is 0 Å². The van der Waals surface area contributed by atoms with Crippen LogP contribution in [0, 0.1) is 5.92 Å². The molecule has 2 aromatic rings. The van der Waals surface area contributed by atoms with Crippen LogP contribution in [0.3, 0.4) is 0 Å². The van der Waals surface area contributed by atoms with E-state index in [9.17, 15) is 4.79 Å². The summed E-state index contributed by atoms with van der Waals surface area (Å²) < 4.78 is 6.33. The van der Waals surface area contributed by atoms with E-state index < -0.39 is 0 Å². The van der Waals surface area contributed by atoms with E-state index in [1.165, 1.54) is 0 Å². The molecule has 28 heavy (non-hydrogen) atoms.